The van der Waals surface area contributed by atoms with Gasteiger partial charge in [0.05, 0.1) is 0 Å². The number of benzene rings is 2. The smallest absolute Gasteiger partial charge is 0.163 e. The Labute approximate surface area is 118 Å². The number of rotatable bonds is 1. The van der Waals surface area contributed by atoms with Gasteiger partial charge in [-0.1, -0.05) is 42.5 Å². The van der Waals surface area contributed by atoms with Crippen LogP contribution < -0.4 is 0 Å². The minimum absolute atomic E-state index is 0.00273. The molecule has 0 amide bonds. The lowest BCUT2D eigenvalue weighted by molar-refractivity contribution is 0.0968. The number of aryl methyl sites for hydroxylation is 1. The van der Waals surface area contributed by atoms with Crippen molar-refractivity contribution in [3.05, 3.63) is 71.0 Å². The molecule has 1 atom stereocenters. The third-order valence-electron chi connectivity index (χ3n) is 4.09. The average Bonchev–Trinajstić information content (AvgIpc) is 2.45. The van der Waals surface area contributed by atoms with E-state index in [1.807, 2.05) is 30.3 Å². The average molecular weight is 268 g/mol. The molecule has 3 rings (SSSR count). The van der Waals surface area contributed by atoms with Crippen LogP contribution >= 0.6 is 0 Å². The molecule has 102 valence electrons. The summed E-state index contributed by atoms with van der Waals surface area (Å²) < 4.78 is 13.9. The summed E-state index contributed by atoms with van der Waals surface area (Å²) in [6, 6.07) is 14.6. The summed E-state index contributed by atoms with van der Waals surface area (Å²) in [6.07, 6.45) is 3.15. The van der Waals surface area contributed by atoms with E-state index < -0.39 is 0 Å². The molecular weight excluding hydrogens is 251 g/mol. The fraction of sp³-hybridized carbons (Fsp3) is 0.278. The van der Waals surface area contributed by atoms with Crippen molar-refractivity contribution in [2.75, 3.05) is 0 Å². The van der Waals surface area contributed by atoms with Crippen molar-refractivity contribution in [2.45, 2.75) is 31.6 Å². The molecule has 1 aliphatic rings. The molecule has 1 aliphatic carbocycles. The molecule has 0 saturated heterocycles. The Bertz CT molecular complexity index is 633. The van der Waals surface area contributed by atoms with E-state index in [0.717, 1.165) is 30.4 Å². The monoisotopic (exact) mass is 268 g/mol. The number of carbonyl (C=O) groups is 1. The van der Waals surface area contributed by atoms with Gasteiger partial charge in [0, 0.05) is 12.0 Å². The summed E-state index contributed by atoms with van der Waals surface area (Å²) >= 11 is 0. The molecular formula is C18H17FO. The van der Waals surface area contributed by atoms with Gasteiger partial charge < -0.3 is 0 Å². The van der Waals surface area contributed by atoms with Crippen molar-refractivity contribution in [3.63, 3.8) is 0 Å². The maximum atomic E-state index is 13.9. The van der Waals surface area contributed by atoms with Gasteiger partial charge in [0.25, 0.3) is 0 Å². The molecule has 0 aromatic heterocycles. The third-order valence-corrected chi connectivity index (χ3v) is 4.09. The van der Waals surface area contributed by atoms with Crippen LogP contribution in [0.1, 0.15) is 46.7 Å². The first-order valence-electron chi connectivity index (χ1n) is 7.11. The second-order valence-electron chi connectivity index (χ2n) is 5.40. The highest BCUT2D eigenvalue weighted by molar-refractivity contribution is 5.98. The van der Waals surface area contributed by atoms with E-state index in [-0.39, 0.29) is 17.5 Å². The van der Waals surface area contributed by atoms with Crippen LogP contribution in [0.5, 0.6) is 0 Å². The first-order valence-corrected chi connectivity index (χ1v) is 7.11. The summed E-state index contributed by atoms with van der Waals surface area (Å²) in [4.78, 5) is 12.4. The van der Waals surface area contributed by atoms with Gasteiger partial charge in [-0.25, -0.2) is 4.39 Å². The Morgan fingerprint density at radius 1 is 1.00 bits per heavy atom. The van der Waals surface area contributed by atoms with E-state index in [0.29, 0.717) is 12.0 Å². The van der Waals surface area contributed by atoms with Crippen LogP contribution in [0.2, 0.25) is 0 Å². The largest absolute Gasteiger partial charge is 0.294 e. The molecule has 2 heteroatoms. The SMILES string of the molecule is O=C1CC(c2ccccc2F)CCCc2ccccc21. The van der Waals surface area contributed by atoms with Gasteiger partial charge in [0.1, 0.15) is 5.82 Å². The van der Waals surface area contributed by atoms with Gasteiger partial charge in [-0.05, 0) is 42.4 Å². The molecule has 0 heterocycles. The first kappa shape index (κ1) is 13.0. The summed E-state index contributed by atoms with van der Waals surface area (Å²) in [7, 11) is 0. The number of carbonyl (C=O) groups excluding carboxylic acids is 1. The predicted octanol–water partition coefficient (Wildman–Crippen LogP) is 4.52. The van der Waals surface area contributed by atoms with Crippen molar-refractivity contribution in [1.29, 1.82) is 0 Å². The van der Waals surface area contributed by atoms with Gasteiger partial charge in [-0.15, -0.1) is 0 Å². The summed E-state index contributed by atoms with van der Waals surface area (Å²) in [6.45, 7) is 0. The molecule has 2 aromatic carbocycles. The van der Waals surface area contributed by atoms with Gasteiger partial charge in [0.15, 0.2) is 5.78 Å². The van der Waals surface area contributed by atoms with E-state index in [1.165, 1.54) is 6.07 Å². The van der Waals surface area contributed by atoms with Crippen molar-refractivity contribution >= 4 is 5.78 Å². The number of halogens is 1. The molecule has 0 saturated carbocycles. The van der Waals surface area contributed by atoms with Crippen molar-refractivity contribution in [1.82, 2.24) is 0 Å². The minimum Gasteiger partial charge on any atom is -0.294 e. The molecule has 0 N–H and O–H groups in total. The molecule has 0 aliphatic heterocycles. The molecule has 0 spiro atoms. The Balaban J connectivity index is 1.92. The molecule has 2 aromatic rings. The zero-order valence-corrected chi connectivity index (χ0v) is 11.3. The normalized spacial score (nSPS) is 19.1. The Kier molecular flexibility index (Phi) is 3.64. The van der Waals surface area contributed by atoms with E-state index in [1.54, 1.807) is 12.1 Å². The van der Waals surface area contributed by atoms with E-state index in [2.05, 4.69) is 0 Å². The number of Topliss-reactive ketones (excluding diaryl/α,β-unsaturated/α-hetero) is 1. The second kappa shape index (κ2) is 5.58. The van der Waals surface area contributed by atoms with Gasteiger partial charge in [0.2, 0.25) is 0 Å². The summed E-state index contributed by atoms with van der Waals surface area (Å²) in [5, 5.41) is 0. The molecule has 0 fully saturated rings. The Morgan fingerprint density at radius 3 is 2.60 bits per heavy atom. The van der Waals surface area contributed by atoms with Gasteiger partial charge >= 0.3 is 0 Å². The highest BCUT2D eigenvalue weighted by Crippen LogP contribution is 2.32. The van der Waals surface area contributed by atoms with Crippen LogP contribution in [0.15, 0.2) is 48.5 Å². The number of hydrogen-bond acceptors (Lipinski definition) is 1. The molecule has 0 radical (unpaired) electrons. The van der Waals surface area contributed by atoms with Crippen LogP contribution in [0.25, 0.3) is 0 Å². The lowest BCUT2D eigenvalue weighted by Gasteiger charge is -2.21. The van der Waals surface area contributed by atoms with E-state index in [9.17, 15) is 9.18 Å². The molecule has 0 bridgehead atoms. The van der Waals surface area contributed by atoms with Crippen molar-refractivity contribution < 1.29 is 9.18 Å². The molecule has 20 heavy (non-hydrogen) atoms. The Morgan fingerprint density at radius 2 is 1.75 bits per heavy atom. The van der Waals surface area contributed by atoms with E-state index >= 15 is 0 Å². The summed E-state index contributed by atoms with van der Waals surface area (Å²) in [5.74, 6) is -0.0650. The zero-order valence-electron chi connectivity index (χ0n) is 11.3. The quantitative estimate of drug-likeness (QED) is 0.743. The fourth-order valence-electron chi connectivity index (χ4n) is 3.06. The minimum atomic E-state index is -0.195. The van der Waals surface area contributed by atoms with Crippen LogP contribution in [0.4, 0.5) is 4.39 Å². The van der Waals surface area contributed by atoms with Crippen LogP contribution in [-0.4, -0.2) is 5.78 Å². The molecule has 1 unspecified atom stereocenters. The number of fused-ring (bicyclic) bond motifs is 1. The first-order chi connectivity index (χ1) is 9.75. The van der Waals surface area contributed by atoms with Gasteiger partial charge in [-0.2, -0.15) is 0 Å². The highest BCUT2D eigenvalue weighted by Gasteiger charge is 2.23. The summed E-state index contributed by atoms with van der Waals surface area (Å²) in [5.41, 5.74) is 2.62. The van der Waals surface area contributed by atoms with Crippen molar-refractivity contribution in [2.24, 2.45) is 0 Å². The maximum absolute atomic E-state index is 13.9. The lowest BCUT2D eigenvalue weighted by Crippen LogP contribution is -2.14. The van der Waals surface area contributed by atoms with Crippen LogP contribution in [0, 0.1) is 5.82 Å². The predicted molar refractivity (Wildman–Crippen MR) is 77.5 cm³/mol. The maximum Gasteiger partial charge on any atom is 0.163 e. The highest BCUT2D eigenvalue weighted by atomic mass is 19.1. The van der Waals surface area contributed by atoms with Crippen LogP contribution in [0.3, 0.4) is 0 Å². The fourth-order valence-corrected chi connectivity index (χ4v) is 3.06. The standard InChI is InChI=1S/C18H17FO/c19-17-11-4-3-9-15(17)14-8-5-7-13-6-1-2-10-16(13)18(20)12-14/h1-4,6,9-11,14H,5,7-8,12H2. The van der Waals surface area contributed by atoms with E-state index in [4.69, 9.17) is 0 Å². The lowest BCUT2D eigenvalue weighted by atomic mass is 9.83. The topological polar surface area (TPSA) is 17.1 Å². The number of ketones is 1. The van der Waals surface area contributed by atoms with Crippen molar-refractivity contribution in [3.8, 4) is 0 Å². The zero-order chi connectivity index (χ0) is 13.9. The van der Waals surface area contributed by atoms with Gasteiger partial charge in [-0.3, -0.25) is 4.79 Å². The second-order valence-corrected chi connectivity index (χ2v) is 5.40. The third kappa shape index (κ3) is 2.51. The molecule has 1 nitrogen and oxygen atoms in total. The Hall–Kier alpha value is -1.96. The number of hydrogen-bond donors (Lipinski definition) is 0. The van der Waals surface area contributed by atoms with Crippen LogP contribution in [-0.2, 0) is 6.42 Å².